The summed E-state index contributed by atoms with van der Waals surface area (Å²) in [5.74, 6) is -28.6. The molecule has 0 fully saturated rings. The molecule has 0 amide bonds. The van der Waals surface area contributed by atoms with Gasteiger partial charge in [0.25, 0.3) is 0 Å². The fourth-order valence-electron chi connectivity index (χ4n) is 0.643. The second kappa shape index (κ2) is 3.86. The van der Waals surface area contributed by atoms with Crippen LogP contribution < -0.4 is 0 Å². The molecule has 0 aliphatic carbocycles. The lowest BCUT2D eigenvalue weighted by Crippen LogP contribution is -2.66. The van der Waals surface area contributed by atoms with E-state index in [9.17, 15) is 48.3 Å². The minimum Gasteiger partial charge on any atom is -0.192 e. The number of halogens is 11. The molecule has 18 heavy (non-hydrogen) atoms. The lowest BCUT2D eigenvalue weighted by atomic mass is 9.99. The molecule has 0 atom stereocenters. The SMILES string of the molecule is N#CC(F)(F)C(F)(F)C(F)(F)C(F)(F)C(F)(F)F. The van der Waals surface area contributed by atoms with Crippen LogP contribution in [0.5, 0.6) is 0 Å². The molecule has 0 bridgehead atoms. The van der Waals surface area contributed by atoms with E-state index in [0.717, 1.165) is 0 Å². The molecule has 0 aromatic carbocycles. The first-order valence-electron chi connectivity index (χ1n) is 3.55. The molecule has 0 spiro atoms. The molecule has 0 aliphatic rings. The van der Waals surface area contributed by atoms with E-state index in [0.29, 0.717) is 0 Å². The molecule has 0 aliphatic heterocycles. The Morgan fingerprint density at radius 1 is 0.556 bits per heavy atom. The van der Waals surface area contributed by atoms with Gasteiger partial charge in [-0.15, -0.1) is 0 Å². The Balaban J connectivity index is 5.90. The summed E-state index contributed by atoms with van der Waals surface area (Å²) in [6.45, 7) is 0. The molecule has 0 saturated carbocycles. The summed E-state index contributed by atoms with van der Waals surface area (Å²) in [6, 6.07) is -0.753. The molecule has 0 saturated heterocycles. The van der Waals surface area contributed by atoms with E-state index in [1.54, 1.807) is 0 Å². The quantitative estimate of drug-likeness (QED) is 0.730. The smallest absolute Gasteiger partial charge is 0.192 e. The lowest BCUT2D eigenvalue weighted by Gasteiger charge is -2.34. The van der Waals surface area contributed by atoms with Crippen molar-refractivity contribution in [2.24, 2.45) is 0 Å². The van der Waals surface area contributed by atoms with E-state index in [2.05, 4.69) is 0 Å². The maximum absolute atomic E-state index is 12.3. The van der Waals surface area contributed by atoms with E-state index in [4.69, 9.17) is 5.26 Å². The Kier molecular flexibility index (Phi) is 3.58. The van der Waals surface area contributed by atoms with Crippen LogP contribution in [-0.2, 0) is 0 Å². The highest BCUT2D eigenvalue weighted by atomic mass is 19.4. The molecule has 0 radical (unpaired) electrons. The first kappa shape index (κ1) is 16.7. The van der Waals surface area contributed by atoms with Crippen LogP contribution in [0.15, 0.2) is 0 Å². The molecular weight excluding hydrogens is 295 g/mol. The van der Waals surface area contributed by atoms with Gasteiger partial charge in [0.1, 0.15) is 6.07 Å². The topological polar surface area (TPSA) is 23.8 Å². The van der Waals surface area contributed by atoms with Crippen molar-refractivity contribution in [2.75, 3.05) is 0 Å². The Morgan fingerprint density at radius 2 is 0.889 bits per heavy atom. The number of alkyl halides is 11. The van der Waals surface area contributed by atoms with E-state index in [-0.39, 0.29) is 0 Å². The third-order valence-electron chi connectivity index (χ3n) is 1.68. The Morgan fingerprint density at radius 3 is 1.11 bits per heavy atom. The van der Waals surface area contributed by atoms with Gasteiger partial charge < -0.3 is 0 Å². The Bertz CT molecular complexity index is 359. The van der Waals surface area contributed by atoms with Crippen LogP contribution >= 0.6 is 0 Å². The molecule has 12 heteroatoms. The van der Waals surface area contributed by atoms with E-state index in [1.807, 2.05) is 0 Å². The van der Waals surface area contributed by atoms with Crippen LogP contribution in [0.3, 0.4) is 0 Å². The van der Waals surface area contributed by atoms with Crippen molar-refractivity contribution < 1.29 is 48.3 Å². The highest BCUT2D eigenvalue weighted by molar-refractivity contribution is 5.13. The predicted octanol–water partition coefficient (Wildman–Crippen LogP) is 3.61. The van der Waals surface area contributed by atoms with E-state index in [1.165, 1.54) is 0 Å². The first-order chi connectivity index (χ1) is 7.56. The van der Waals surface area contributed by atoms with E-state index < -0.39 is 35.9 Å². The second-order valence-corrected chi connectivity index (χ2v) is 2.91. The summed E-state index contributed by atoms with van der Waals surface area (Å²) >= 11 is 0. The second-order valence-electron chi connectivity index (χ2n) is 2.91. The maximum Gasteiger partial charge on any atom is 0.460 e. The van der Waals surface area contributed by atoms with E-state index >= 15 is 0 Å². The summed E-state index contributed by atoms with van der Waals surface area (Å²) in [7, 11) is 0. The zero-order valence-corrected chi connectivity index (χ0v) is 7.60. The third-order valence-corrected chi connectivity index (χ3v) is 1.68. The van der Waals surface area contributed by atoms with Crippen LogP contribution in [0.4, 0.5) is 48.3 Å². The van der Waals surface area contributed by atoms with Gasteiger partial charge in [-0.2, -0.15) is 53.6 Å². The van der Waals surface area contributed by atoms with Gasteiger partial charge in [-0.25, -0.2) is 0 Å². The highest BCUT2D eigenvalue weighted by Crippen LogP contribution is 2.56. The summed E-state index contributed by atoms with van der Waals surface area (Å²) in [5.41, 5.74) is 0. The van der Waals surface area contributed by atoms with Gasteiger partial charge >= 0.3 is 29.9 Å². The summed E-state index contributed by atoms with van der Waals surface area (Å²) in [5, 5.41) is 7.42. The van der Waals surface area contributed by atoms with Crippen molar-refractivity contribution >= 4 is 0 Å². The van der Waals surface area contributed by atoms with Gasteiger partial charge in [-0.05, 0) is 0 Å². The van der Waals surface area contributed by atoms with Gasteiger partial charge in [0.15, 0.2) is 0 Å². The molecule has 0 N–H and O–H groups in total. The fraction of sp³-hybridized carbons (Fsp3) is 0.833. The van der Waals surface area contributed by atoms with Crippen LogP contribution in [0, 0.1) is 11.3 Å². The largest absolute Gasteiger partial charge is 0.460 e. The number of rotatable bonds is 3. The van der Waals surface area contributed by atoms with Crippen molar-refractivity contribution in [3.63, 3.8) is 0 Å². The number of hydrogen-bond donors (Lipinski definition) is 0. The Hall–Kier alpha value is -1.28. The maximum atomic E-state index is 12.3. The summed E-state index contributed by atoms with van der Waals surface area (Å²) in [4.78, 5) is 0. The van der Waals surface area contributed by atoms with Crippen molar-refractivity contribution in [1.29, 1.82) is 5.26 Å². The third kappa shape index (κ3) is 1.95. The molecule has 106 valence electrons. The normalized spacial score (nSPS) is 15.4. The number of hydrogen-bond acceptors (Lipinski definition) is 1. The first-order valence-corrected chi connectivity index (χ1v) is 3.55. The van der Waals surface area contributed by atoms with Crippen LogP contribution in [-0.4, -0.2) is 29.9 Å². The molecule has 0 unspecified atom stereocenters. The molecule has 0 aromatic heterocycles. The van der Waals surface area contributed by atoms with Crippen molar-refractivity contribution in [1.82, 2.24) is 0 Å². The summed E-state index contributed by atoms with van der Waals surface area (Å²) < 4.78 is 132. The molecule has 1 nitrogen and oxygen atoms in total. The van der Waals surface area contributed by atoms with Gasteiger partial charge in [0, 0.05) is 0 Å². The lowest BCUT2D eigenvalue weighted by molar-refractivity contribution is -0.416. The summed E-state index contributed by atoms with van der Waals surface area (Å²) in [6.07, 6.45) is -7.20. The van der Waals surface area contributed by atoms with Crippen LogP contribution in [0.2, 0.25) is 0 Å². The molecular formula is C6F11N. The van der Waals surface area contributed by atoms with Crippen molar-refractivity contribution in [3.05, 3.63) is 0 Å². The van der Waals surface area contributed by atoms with Gasteiger partial charge in [0.2, 0.25) is 0 Å². The predicted molar refractivity (Wildman–Crippen MR) is 31.5 cm³/mol. The minimum atomic E-state index is -7.50. The zero-order valence-electron chi connectivity index (χ0n) is 7.60. The molecule has 0 rings (SSSR count). The number of nitriles is 1. The van der Waals surface area contributed by atoms with Gasteiger partial charge in [-0.3, -0.25) is 0 Å². The van der Waals surface area contributed by atoms with Crippen molar-refractivity contribution in [3.8, 4) is 6.07 Å². The highest BCUT2D eigenvalue weighted by Gasteiger charge is 2.87. The fourth-order valence-corrected chi connectivity index (χ4v) is 0.643. The van der Waals surface area contributed by atoms with Gasteiger partial charge in [-0.1, -0.05) is 0 Å². The van der Waals surface area contributed by atoms with Crippen LogP contribution in [0.25, 0.3) is 0 Å². The average molecular weight is 295 g/mol. The zero-order chi connectivity index (χ0) is 15.2. The standard InChI is InChI=1S/C6F11N/c7-2(8,1-18)3(9,10)4(11,12)5(13,14)6(15,16)17. The minimum absolute atomic E-state index is 0.753. The molecule has 0 aromatic rings. The van der Waals surface area contributed by atoms with Crippen LogP contribution in [0.1, 0.15) is 0 Å². The average Bonchev–Trinajstić information content (AvgIpc) is 2.15. The monoisotopic (exact) mass is 295 g/mol. The number of nitrogens with zero attached hydrogens (tertiary/aromatic N) is 1. The van der Waals surface area contributed by atoms with Gasteiger partial charge in [0.05, 0.1) is 0 Å². The molecule has 0 heterocycles. The van der Waals surface area contributed by atoms with Crippen molar-refractivity contribution in [2.45, 2.75) is 29.9 Å². The Labute approximate surface area is 90.8 Å².